The fraction of sp³-hybridized carbons (Fsp3) is 1.00. The molecule has 0 fully saturated rings. The molecule has 0 heterocycles. The maximum atomic E-state index is 11.3. The van der Waals surface area contributed by atoms with Gasteiger partial charge in [-0.15, -0.1) is 0 Å². The minimum Gasteiger partial charge on any atom is -0.382 e. The van der Waals surface area contributed by atoms with E-state index >= 15 is 0 Å². The van der Waals surface area contributed by atoms with Gasteiger partial charge in [0, 0.05) is 13.7 Å². The molecule has 0 aliphatic rings. The Labute approximate surface area is 54.1 Å². The highest BCUT2D eigenvalue weighted by Gasteiger charge is 1.84. The lowest BCUT2D eigenvalue weighted by Gasteiger charge is -2.00. The van der Waals surface area contributed by atoms with Crippen molar-refractivity contribution < 1.29 is 14.0 Å². The molecule has 0 saturated heterocycles. The Morgan fingerprint density at radius 3 is 2.78 bits per heavy atom. The number of alkyl halides is 1. The van der Waals surface area contributed by atoms with Gasteiger partial charge in [0.05, 0.1) is 13.2 Å². The molecule has 4 heteroatoms. The lowest BCUT2D eigenvalue weighted by atomic mass is 10.8. The van der Waals surface area contributed by atoms with E-state index < -0.39 is 6.67 Å². The van der Waals surface area contributed by atoms with E-state index in [-0.39, 0.29) is 6.54 Å². The first kappa shape index (κ1) is 8.81. The molecule has 1 N–H and O–H groups in total. The van der Waals surface area contributed by atoms with E-state index in [0.717, 1.165) is 0 Å². The van der Waals surface area contributed by atoms with Crippen molar-refractivity contribution in [2.45, 2.75) is 0 Å². The largest absolute Gasteiger partial charge is 0.382 e. The van der Waals surface area contributed by atoms with Gasteiger partial charge < -0.3 is 4.74 Å². The van der Waals surface area contributed by atoms with Crippen LogP contribution < -0.4 is 5.48 Å². The normalized spacial score (nSPS) is 10.0. The van der Waals surface area contributed by atoms with Crippen molar-refractivity contribution in [3.8, 4) is 0 Å². The molecule has 0 rings (SSSR count). The summed E-state index contributed by atoms with van der Waals surface area (Å²) in [5.41, 5.74) is 2.41. The van der Waals surface area contributed by atoms with Gasteiger partial charge in [-0.1, -0.05) is 0 Å². The topological polar surface area (TPSA) is 30.5 Å². The van der Waals surface area contributed by atoms with Crippen LogP contribution in [0.4, 0.5) is 4.39 Å². The van der Waals surface area contributed by atoms with Crippen molar-refractivity contribution in [1.29, 1.82) is 0 Å². The summed E-state index contributed by atoms with van der Waals surface area (Å²) in [7, 11) is 1.58. The van der Waals surface area contributed by atoms with Gasteiger partial charge in [0.25, 0.3) is 0 Å². The zero-order valence-electron chi connectivity index (χ0n) is 5.52. The number of hydrogen-bond acceptors (Lipinski definition) is 3. The number of halogens is 1. The average Bonchev–Trinajstić information content (AvgIpc) is 1.89. The van der Waals surface area contributed by atoms with Crippen LogP contribution in [-0.2, 0) is 9.57 Å². The number of hydrogen-bond donors (Lipinski definition) is 1. The zero-order chi connectivity index (χ0) is 6.95. The van der Waals surface area contributed by atoms with Crippen LogP contribution in [0.1, 0.15) is 0 Å². The van der Waals surface area contributed by atoms with E-state index in [9.17, 15) is 4.39 Å². The second-order valence-electron chi connectivity index (χ2n) is 1.42. The van der Waals surface area contributed by atoms with Crippen LogP contribution in [0, 0.1) is 0 Å². The summed E-state index contributed by atoms with van der Waals surface area (Å²) in [4.78, 5) is 4.70. The summed E-state index contributed by atoms with van der Waals surface area (Å²) in [6, 6.07) is 0. The van der Waals surface area contributed by atoms with Crippen LogP contribution >= 0.6 is 0 Å². The van der Waals surface area contributed by atoms with Gasteiger partial charge in [-0.25, -0.2) is 4.39 Å². The van der Waals surface area contributed by atoms with Crippen LogP contribution in [0.3, 0.4) is 0 Å². The summed E-state index contributed by atoms with van der Waals surface area (Å²) in [6.45, 7) is 0.812. The highest BCUT2D eigenvalue weighted by molar-refractivity contribution is 4.27. The fourth-order valence-corrected chi connectivity index (χ4v) is 0.308. The first-order valence-electron chi connectivity index (χ1n) is 2.81. The second kappa shape index (κ2) is 7.81. The Morgan fingerprint density at radius 1 is 1.44 bits per heavy atom. The summed E-state index contributed by atoms with van der Waals surface area (Å²) in [5, 5.41) is 0. The van der Waals surface area contributed by atoms with Crippen LogP contribution in [-0.4, -0.2) is 33.5 Å². The van der Waals surface area contributed by atoms with Gasteiger partial charge in [-0.05, 0) is 0 Å². The maximum Gasteiger partial charge on any atom is 0.104 e. The van der Waals surface area contributed by atoms with Crippen molar-refractivity contribution in [1.82, 2.24) is 5.48 Å². The number of hydroxylamine groups is 1. The van der Waals surface area contributed by atoms with Crippen molar-refractivity contribution in [3.63, 3.8) is 0 Å². The highest BCUT2D eigenvalue weighted by atomic mass is 19.1. The van der Waals surface area contributed by atoms with Crippen LogP contribution in [0.25, 0.3) is 0 Å². The lowest BCUT2D eigenvalue weighted by Crippen LogP contribution is -2.19. The molecule has 0 bridgehead atoms. The van der Waals surface area contributed by atoms with Crippen molar-refractivity contribution in [2.24, 2.45) is 0 Å². The minimum atomic E-state index is -0.410. The quantitative estimate of drug-likeness (QED) is 0.416. The minimum absolute atomic E-state index is 0.240. The summed E-state index contributed by atoms with van der Waals surface area (Å²) < 4.78 is 16.0. The molecule has 0 radical (unpaired) electrons. The van der Waals surface area contributed by atoms with Crippen LogP contribution in [0.2, 0.25) is 0 Å². The molecule has 3 nitrogen and oxygen atoms in total. The third-order valence-corrected chi connectivity index (χ3v) is 0.688. The van der Waals surface area contributed by atoms with Gasteiger partial charge in [0.2, 0.25) is 0 Å². The van der Waals surface area contributed by atoms with E-state index in [1.165, 1.54) is 0 Å². The molecule has 0 amide bonds. The molecule has 0 spiro atoms. The highest BCUT2D eigenvalue weighted by Crippen LogP contribution is 1.69. The molecule has 0 aliphatic carbocycles. The molecule has 0 aliphatic heterocycles. The Hall–Kier alpha value is -0.190. The third-order valence-electron chi connectivity index (χ3n) is 0.688. The Balaban J connectivity index is 2.60. The molecular formula is C5H12FNO2. The molecule has 56 valence electrons. The van der Waals surface area contributed by atoms with E-state index in [1.807, 2.05) is 0 Å². The molecule has 0 saturated carbocycles. The fourth-order valence-electron chi connectivity index (χ4n) is 0.308. The number of methoxy groups -OCH3 is 1. The van der Waals surface area contributed by atoms with Gasteiger partial charge >= 0.3 is 0 Å². The number of nitrogens with one attached hydrogen (secondary N) is 1. The predicted octanol–water partition coefficient (Wildman–Crippen LogP) is 0.123. The van der Waals surface area contributed by atoms with E-state index in [4.69, 9.17) is 4.84 Å². The van der Waals surface area contributed by atoms with E-state index in [2.05, 4.69) is 10.2 Å². The lowest BCUT2D eigenvalue weighted by molar-refractivity contribution is 0.00509. The predicted molar refractivity (Wildman–Crippen MR) is 31.8 cm³/mol. The molecule has 0 aromatic carbocycles. The number of rotatable bonds is 6. The first-order chi connectivity index (χ1) is 4.41. The number of ether oxygens (including phenoxy) is 1. The zero-order valence-corrected chi connectivity index (χ0v) is 5.52. The van der Waals surface area contributed by atoms with Crippen molar-refractivity contribution in [3.05, 3.63) is 0 Å². The van der Waals surface area contributed by atoms with Gasteiger partial charge in [0.1, 0.15) is 6.67 Å². The Morgan fingerprint density at radius 2 is 2.22 bits per heavy atom. The van der Waals surface area contributed by atoms with E-state index in [0.29, 0.717) is 13.2 Å². The monoisotopic (exact) mass is 137 g/mol. The van der Waals surface area contributed by atoms with Gasteiger partial charge in [-0.2, -0.15) is 5.48 Å². The SMILES string of the molecule is COCCONCCF. The van der Waals surface area contributed by atoms with Crippen molar-refractivity contribution in [2.75, 3.05) is 33.5 Å². The smallest absolute Gasteiger partial charge is 0.104 e. The van der Waals surface area contributed by atoms with Crippen LogP contribution in [0.15, 0.2) is 0 Å². The van der Waals surface area contributed by atoms with Gasteiger partial charge in [-0.3, -0.25) is 4.84 Å². The molecular weight excluding hydrogens is 125 g/mol. The maximum absolute atomic E-state index is 11.3. The summed E-state index contributed by atoms with van der Waals surface area (Å²) in [6.07, 6.45) is 0. The average molecular weight is 137 g/mol. The molecule has 0 unspecified atom stereocenters. The van der Waals surface area contributed by atoms with E-state index in [1.54, 1.807) is 7.11 Å². The van der Waals surface area contributed by atoms with Crippen molar-refractivity contribution >= 4 is 0 Å². The van der Waals surface area contributed by atoms with Crippen LogP contribution in [0.5, 0.6) is 0 Å². The Bertz CT molecular complexity index is 48.2. The molecule has 0 aromatic rings. The first-order valence-corrected chi connectivity index (χ1v) is 2.81. The Kier molecular flexibility index (Phi) is 7.65. The third kappa shape index (κ3) is 7.81. The molecule has 0 aromatic heterocycles. The standard InChI is InChI=1S/C5H12FNO2/c1-8-4-5-9-7-3-2-6/h7H,2-5H2,1H3. The van der Waals surface area contributed by atoms with Gasteiger partial charge in [0.15, 0.2) is 0 Å². The second-order valence-corrected chi connectivity index (χ2v) is 1.42. The molecule has 0 atom stereocenters. The summed E-state index contributed by atoms with van der Waals surface area (Å²) in [5.74, 6) is 0. The summed E-state index contributed by atoms with van der Waals surface area (Å²) >= 11 is 0. The molecule has 9 heavy (non-hydrogen) atoms.